The predicted octanol–water partition coefficient (Wildman–Crippen LogP) is 0.860. The van der Waals surface area contributed by atoms with E-state index in [1.807, 2.05) is 0 Å². The minimum atomic E-state index is -0.198. The second-order valence-corrected chi connectivity index (χ2v) is 5.72. The average molecular weight is 263 g/mol. The van der Waals surface area contributed by atoms with Crippen molar-refractivity contribution in [2.24, 2.45) is 11.8 Å². The summed E-state index contributed by atoms with van der Waals surface area (Å²) in [6.45, 7) is 4.42. The first-order valence-electron chi connectivity index (χ1n) is 7.19. The van der Waals surface area contributed by atoms with Crippen molar-refractivity contribution >= 4 is 5.82 Å². The Labute approximate surface area is 112 Å². The summed E-state index contributed by atoms with van der Waals surface area (Å²) >= 11 is 0. The lowest BCUT2D eigenvalue weighted by Gasteiger charge is -2.19. The third-order valence-corrected chi connectivity index (χ3v) is 4.48. The van der Waals surface area contributed by atoms with Crippen molar-refractivity contribution in [3.63, 3.8) is 0 Å². The van der Waals surface area contributed by atoms with Crippen molar-refractivity contribution in [1.82, 2.24) is 9.55 Å². The van der Waals surface area contributed by atoms with Gasteiger partial charge in [-0.1, -0.05) is 6.92 Å². The average Bonchev–Trinajstić information content (AvgIpc) is 2.95. The summed E-state index contributed by atoms with van der Waals surface area (Å²) in [5.74, 6) is 1.40. The molecule has 0 amide bonds. The first-order chi connectivity index (χ1) is 9.20. The molecule has 3 atom stereocenters. The van der Waals surface area contributed by atoms with E-state index in [9.17, 15) is 9.90 Å². The van der Waals surface area contributed by atoms with E-state index in [2.05, 4.69) is 16.8 Å². The summed E-state index contributed by atoms with van der Waals surface area (Å²) in [5.41, 5.74) is -0.00110. The highest BCUT2D eigenvalue weighted by atomic mass is 16.3. The van der Waals surface area contributed by atoms with E-state index in [0.717, 1.165) is 38.9 Å². The lowest BCUT2D eigenvalue weighted by Crippen LogP contribution is -2.33. The van der Waals surface area contributed by atoms with E-state index in [-0.39, 0.29) is 11.7 Å². The zero-order valence-corrected chi connectivity index (χ0v) is 11.3. The minimum Gasteiger partial charge on any atom is -0.393 e. The Morgan fingerprint density at radius 2 is 2.26 bits per heavy atom. The molecule has 19 heavy (non-hydrogen) atoms. The summed E-state index contributed by atoms with van der Waals surface area (Å²) in [6, 6.07) is 0. The van der Waals surface area contributed by atoms with Gasteiger partial charge in [-0.15, -0.1) is 0 Å². The molecule has 2 heterocycles. The van der Waals surface area contributed by atoms with E-state index < -0.39 is 0 Å². The second kappa shape index (κ2) is 4.96. The molecule has 5 heteroatoms. The summed E-state index contributed by atoms with van der Waals surface area (Å²) in [6.07, 6.45) is 6.17. The van der Waals surface area contributed by atoms with Crippen LogP contribution in [-0.4, -0.2) is 33.9 Å². The molecule has 2 fully saturated rings. The molecule has 104 valence electrons. The van der Waals surface area contributed by atoms with Gasteiger partial charge in [0.2, 0.25) is 0 Å². The minimum absolute atomic E-state index is 0.00110. The Bertz CT molecular complexity index is 514. The van der Waals surface area contributed by atoms with E-state index in [1.165, 1.54) is 0 Å². The molecule has 1 aliphatic heterocycles. The van der Waals surface area contributed by atoms with Gasteiger partial charge in [0.25, 0.3) is 5.56 Å². The molecule has 0 aromatic carbocycles. The Hall–Kier alpha value is -1.36. The molecule has 5 nitrogen and oxygen atoms in total. The topological polar surface area (TPSA) is 58.4 Å². The number of aromatic nitrogens is 2. The third-order valence-electron chi connectivity index (χ3n) is 4.48. The molecule has 3 rings (SSSR count). The standard InChI is InChI=1S/C14H21N3O2/c1-2-6-16-7-5-15-13(14(16)19)17-8-10-3-4-12(18)11(10)9-17/h5,7,10-12,18H,2-4,6,8-9H2,1H3. The number of hydrogen-bond donors (Lipinski definition) is 1. The van der Waals surface area contributed by atoms with Gasteiger partial charge in [-0.05, 0) is 25.2 Å². The van der Waals surface area contributed by atoms with E-state index >= 15 is 0 Å². The zero-order valence-electron chi connectivity index (χ0n) is 11.3. The molecule has 1 aromatic rings. The maximum atomic E-state index is 12.3. The van der Waals surface area contributed by atoms with E-state index in [1.54, 1.807) is 17.0 Å². The van der Waals surface area contributed by atoms with Crippen LogP contribution >= 0.6 is 0 Å². The Balaban J connectivity index is 1.84. The normalized spacial score (nSPS) is 29.8. The number of aryl methyl sites for hydroxylation is 1. The number of rotatable bonds is 3. The Kier molecular flexibility index (Phi) is 3.31. The molecule has 1 N–H and O–H groups in total. The van der Waals surface area contributed by atoms with Gasteiger partial charge in [-0.3, -0.25) is 4.79 Å². The van der Waals surface area contributed by atoms with Crippen molar-refractivity contribution in [2.75, 3.05) is 18.0 Å². The van der Waals surface area contributed by atoms with Crippen LogP contribution in [0.1, 0.15) is 26.2 Å². The van der Waals surface area contributed by atoms with Crippen LogP contribution in [0.4, 0.5) is 5.82 Å². The number of hydrogen-bond acceptors (Lipinski definition) is 4. The van der Waals surface area contributed by atoms with Crippen molar-refractivity contribution in [1.29, 1.82) is 0 Å². The fraction of sp³-hybridized carbons (Fsp3) is 0.714. The largest absolute Gasteiger partial charge is 0.393 e. The fourth-order valence-electron chi connectivity index (χ4n) is 3.48. The number of anilines is 1. The quantitative estimate of drug-likeness (QED) is 0.879. The van der Waals surface area contributed by atoms with Gasteiger partial charge in [0, 0.05) is 37.9 Å². The van der Waals surface area contributed by atoms with Gasteiger partial charge < -0.3 is 14.6 Å². The first kappa shape index (κ1) is 12.7. The molecule has 3 unspecified atom stereocenters. The molecule has 0 spiro atoms. The number of nitrogens with zero attached hydrogens (tertiary/aromatic N) is 3. The molecular formula is C14H21N3O2. The molecule has 0 radical (unpaired) electrons. The van der Waals surface area contributed by atoms with Crippen LogP contribution in [0.2, 0.25) is 0 Å². The lowest BCUT2D eigenvalue weighted by molar-refractivity contribution is 0.133. The SMILES string of the molecule is CCCn1ccnc(N2CC3CCC(O)C3C2)c1=O. The highest BCUT2D eigenvalue weighted by molar-refractivity contribution is 5.38. The molecule has 2 aliphatic rings. The highest BCUT2D eigenvalue weighted by Crippen LogP contribution is 2.38. The third kappa shape index (κ3) is 2.16. The van der Waals surface area contributed by atoms with Crippen molar-refractivity contribution in [3.05, 3.63) is 22.7 Å². The van der Waals surface area contributed by atoms with E-state index in [0.29, 0.717) is 17.7 Å². The smallest absolute Gasteiger partial charge is 0.293 e. The predicted molar refractivity (Wildman–Crippen MR) is 73.2 cm³/mol. The number of aliphatic hydroxyl groups excluding tert-OH is 1. The van der Waals surface area contributed by atoms with Crippen LogP contribution in [0.3, 0.4) is 0 Å². The number of aliphatic hydroxyl groups is 1. The van der Waals surface area contributed by atoms with Gasteiger partial charge in [0.15, 0.2) is 5.82 Å². The van der Waals surface area contributed by atoms with Crippen molar-refractivity contribution in [2.45, 2.75) is 38.8 Å². The lowest BCUT2D eigenvalue weighted by atomic mass is 10.00. The van der Waals surface area contributed by atoms with Gasteiger partial charge in [0.05, 0.1) is 6.10 Å². The van der Waals surface area contributed by atoms with Crippen LogP contribution in [-0.2, 0) is 6.54 Å². The fourth-order valence-corrected chi connectivity index (χ4v) is 3.48. The van der Waals surface area contributed by atoms with E-state index in [4.69, 9.17) is 0 Å². The zero-order chi connectivity index (χ0) is 13.4. The van der Waals surface area contributed by atoms with Crippen LogP contribution in [0.15, 0.2) is 17.2 Å². The summed E-state index contributed by atoms with van der Waals surface area (Å²) < 4.78 is 1.73. The van der Waals surface area contributed by atoms with Gasteiger partial charge in [0.1, 0.15) is 0 Å². The van der Waals surface area contributed by atoms with Crippen molar-refractivity contribution < 1.29 is 5.11 Å². The maximum absolute atomic E-state index is 12.3. The molecule has 1 saturated heterocycles. The molecular weight excluding hydrogens is 242 g/mol. The second-order valence-electron chi connectivity index (χ2n) is 5.72. The van der Waals surface area contributed by atoms with Crippen LogP contribution in [0.5, 0.6) is 0 Å². The van der Waals surface area contributed by atoms with Gasteiger partial charge in [-0.2, -0.15) is 0 Å². The highest BCUT2D eigenvalue weighted by Gasteiger charge is 2.42. The number of fused-ring (bicyclic) bond motifs is 1. The first-order valence-corrected chi connectivity index (χ1v) is 7.19. The van der Waals surface area contributed by atoms with Crippen molar-refractivity contribution in [3.8, 4) is 0 Å². The van der Waals surface area contributed by atoms with Gasteiger partial charge in [-0.25, -0.2) is 4.98 Å². The van der Waals surface area contributed by atoms with Crippen LogP contribution < -0.4 is 10.5 Å². The summed E-state index contributed by atoms with van der Waals surface area (Å²) in [5, 5.41) is 9.94. The molecule has 1 saturated carbocycles. The maximum Gasteiger partial charge on any atom is 0.293 e. The van der Waals surface area contributed by atoms with Crippen LogP contribution in [0.25, 0.3) is 0 Å². The van der Waals surface area contributed by atoms with Gasteiger partial charge >= 0.3 is 0 Å². The molecule has 0 bridgehead atoms. The Morgan fingerprint density at radius 3 is 3.00 bits per heavy atom. The summed E-state index contributed by atoms with van der Waals surface area (Å²) in [4.78, 5) is 18.7. The molecule has 1 aliphatic carbocycles. The van der Waals surface area contributed by atoms with Crippen LogP contribution in [0, 0.1) is 11.8 Å². The summed E-state index contributed by atoms with van der Waals surface area (Å²) in [7, 11) is 0. The monoisotopic (exact) mass is 263 g/mol. The molecule has 1 aromatic heterocycles. The Morgan fingerprint density at radius 1 is 1.42 bits per heavy atom.